The number of thioether (sulfide) groups is 1. The predicted molar refractivity (Wildman–Crippen MR) is 166 cm³/mol. The van der Waals surface area contributed by atoms with Gasteiger partial charge in [0.2, 0.25) is 5.75 Å². The molecule has 1 saturated heterocycles. The summed E-state index contributed by atoms with van der Waals surface area (Å²) in [6, 6.07) is 16.0. The lowest BCUT2D eigenvalue weighted by molar-refractivity contribution is 0.0437. The Hall–Kier alpha value is -2.94. The lowest BCUT2D eigenvalue weighted by atomic mass is 10.0. The molecule has 0 bridgehead atoms. The minimum Gasteiger partial charge on any atom is -0.493 e. The molecule has 0 amide bonds. The summed E-state index contributed by atoms with van der Waals surface area (Å²) in [6.07, 6.45) is 1.56. The molecule has 1 aliphatic heterocycles. The Balaban J connectivity index is 1.55. The van der Waals surface area contributed by atoms with Crippen molar-refractivity contribution in [3.63, 3.8) is 0 Å². The molecular weight excluding hydrogens is 562 g/mol. The SMILES string of the molecule is CCN(CC)c1cc(C2CCC(c3cc(OC)c(OC)c(OC)c3)O2)cc(OC)c1OCCSc1ccc(Cl)cc1. The molecule has 0 aromatic heterocycles. The van der Waals surface area contributed by atoms with Crippen LogP contribution >= 0.6 is 23.4 Å². The number of halogens is 1. The third kappa shape index (κ3) is 7.29. The largest absolute Gasteiger partial charge is 0.493 e. The third-order valence-electron chi connectivity index (χ3n) is 7.24. The summed E-state index contributed by atoms with van der Waals surface area (Å²) in [7, 11) is 6.55. The molecule has 3 aromatic carbocycles. The molecule has 9 heteroatoms. The minimum absolute atomic E-state index is 0.0863. The van der Waals surface area contributed by atoms with Gasteiger partial charge in [-0.1, -0.05) is 11.6 Å². The van der Waals surface area contributed by atoms with E-state index in [1.807, 2.05) is 36.4 Å². The van der Waals surface area contributed by atoms with E-state index in [2.05, 4.69) is 30.9 Å². The summed E-state index contributed by atoms with van der Waals surface area (Å²) >= 11 is 7.75. The Kier molecular flexibility index (Phi) is 11.2. The normalized spacial score (nSPS) is 16.4. The summed E-state index contributed by atoms with van der Waals surface area (Å²) in [5.41, 5.74) is 3.08. The number of hydrogen-bond donors (Lipinski definition) is 0. The zero-order chi connectivity index (χ0) is 29.4. The van der Waals surface area contributed by atoms with Crippen molar-refractivity contribution in [1.82, 2.24) is 0 Å². The Morgan fingerprint density at radius 3 is 1.83 bits per heavy atom. The van der Waals surface area contributed by atoms with Gasteiger partial charge in [-0.25, -0.2) is 0 Å². The van der Waals surface area contributed by atoms with Crippen molar-refractivity contribution in [2.24, 2.45) is 0 Å². The highest BCUT2D eigenvalue weighted by Gasteiger charge is 2.31. The van der Waals surface area contributed by atoms with Crippen molar-refractivity contribution < 1.29 is 28.4 Å². The standard InChI is InChI=1S/C32H40ClNO6S/c1-7-34(8-2)25-17-21(18-28(35-3)31(25)39-15-16-41-24-11-9-23(33)10-12-24)26-13-14-27(40-26)22-19-29(36-4)32(38-6)30(20-22)37-5/h9-12,17-20,26-27H,7-8,13-16H2,1-6H3. The average molecular weight is 602 g/mol. The van der Waals surface area contributed by atoms with Crippen LogP contribution in [-0.2, 0) is 4.74 Å². The van der Waals surface area contributed by atoms with Crippen molar-refractivity contribution in [2.45, 2.75) is 43.8 Å². The molecule has 4 rings (SSSR count). The van der Waals surface area contributed by atoms with Gasteiger partial charge in [0, 0.05) is 28.8 Å². The summed E-state index contributed by atoms with van der Waals surface area (Å²) in [5, 5.41) is 0.736. The summed E-state index contributed by atoms with van der Waals surface area (Å²) in [6.45, 7) is 6.53. The summed E-state index contributed by atoms with van der Waals surface area (Å²) in [5.74, 6) is 4.08. The van der Waals surface area contributed by atoms with Gasteiger partial charge in [0.15, 0.2) is 23.0 Å². The fourth-order valence-corrected chi connectivity index (χ4v) is 6.00. The van der Waals surface area contributed by atoms with E-state index in [0.29, 0.717) is 29.6 Å². The second-order valence-corrected chi connectivity index (χ2v) is 11.1. The predicted octanol–water partition coefficient (Wildman–Crippen LogP) is 7.98. The van der Waals surface area contributed by atoms with Gasteiger partial charge >= 0.3 is 0 Å². The van der Waals surface area contributed by atoms with Crippen LogP contribution in [0.4, 0.5) is 5.69 Å². The Morgan fingerprint density at radius 2 is 1.32 bits per heavy atom. The quantitative estimate of drug-likeness (QED) is 0.136. The number of benzene rings is 3. The first-order valence-corrected chi connectivity index (χ1v) is 15.3. The molecule has 1 aliphatic rings. The molecule has 3 aromatic rings. The van der Waals surface area contributed by atoms with Crippen LogP contribution in [0.25, 0.3) is 0 Å². The maximum absolute atomic E-state index is 6.62. The second kappa shape index (κ2) is 14.8. The molecule has 0 saturated carbocycles. The maximum Gasteiger partial charge on any atom is 0.203 e. The number of ether oxygens (including phenoxy) is 6. The van der Waals surface area contributed by atoms with Crippen LogP contribution < -0.4 is 28.6 Å². The third-order valence-corrected chi connectivity index (χ3v) is 8.47. The molecule has 7 nitrogen and oxygen atoms in total. The molecule has 1 heterocycles. The number of anilines is 1. The van der Waals surface area contributed by atoms with E-state index in [9.17, 15) is 0 Å². The molecular formula is C32H40ClNO6S. The minimum atomic E-state index is -0.0996. The van der Waals surface area contributed by atoms with Crippen molar-refractivity contribution in [1.29, 1.82) is 0 Å². The fourth-order valence-electron chi connectivity index (χ4n) is 5.14. The van der Waals surface area contributed by atoms with Crippen molar-refractivity contribution in [3.05, 3.63) is 64.7 Å². The van der Waals surface area contributed by atoms with Crippen molar-refractivity contribution in [2.75, 3.05) is 58.8 Å². The van der Waals surface area contributed by atoms with Crippen LogP contribution in [0.3, 0.4) is 0 Å². The molecule has 0 spiro atoms. The zero-order valence-corrected chi connectivity index (χ0v) is 26.3. The number of nitrogens with zero attached hydrogens (tertiary/aromatic N) is 1. The Labute approximate surface area is 253 Å². The fraction of sp³-hybridized carbons (Fsp3) is 0.438. The van der Waals surface area contributed by atoms with E-state index >= 15 is 0 Å². The van der Waals surface area contributed by atoms with E-state index in [-0.39, 0.29) is 12.2 Å². The van der Waals surface area contributed by atoms with Gasteiger partial charge in [0.25, 0.3) is 0 Å². The first kappa shape index (κ1) is 31.0. The molecule has 2 atom stereocenters. The monoisotopic (exact) mass is 601 g/mol. The number of hydrogen-bond acceptors (Lipinski definition) is 8. The van der Waals surface area contributed by atoms with Gasteiger partial charge in [-0.05, 0) is 86.3 Å². The molecule has 0 N–H and O–H groups in total. The average Bonchev–Trinajstić information content (AvgIpc) is 3.50. The van der Waals surface area contributed by atoms with Crippen LogP contribution in [0.5, 0.6) is 28.7 Å². The van der Waals surface area contributed by atoms with Crippen LogP contribution in [0.15, 0.2) is 53.4 Å². The van der Waals surface area contributed by atoms with Crippen LogP contribution in [0.2, 0.25) is 5.02 Å². The van der Waals surface area contributed by atoms with E-state index < -0.39 is 0 Å². The smallest absolute Gasteiger partial charge is 0.203 e. The van der Waals surface area contributed by atoms with Gasteiger partial charge in [-0.3, -0.25) is 0 Å². The second-order valence-electron chi connectivity index (χ2n) is 9.54. The van der Waals surface area contributed by atoms with Gasteiger partial charge in [-0.2, -0.15) is 0 Å². The zero-order valence-electron chi connectivity index (χ0n) is 24.7. The van der Waals surface area contributed by atoms with Gasteiger partial charge in [0.05, 0.1) is 52.9 Å². The van der Waals surface area contributed by atoms with Crippen molar-refractivity contribution in [3.8, 4) is 28.7 Å². The number of methoxy groups -OCH3 is 4. The van der Waals surface area contributed by atoms with E-state index in [4.69, 9.17) is 40.0 Å². The highest BCUT2D eigenvalue weighted by molar-refractivity contribution is 7.99. The lowest BCUT2D eigenvalue weighted by Crippen LogP contribution is -2.23. The molecule has 1 fully saturated rings. The van der Waals surface area contributed by atoms with Crippen molar-refractivity contribution >= 4 is 29.1 Å². The van der Waals surface area contributed by atoms with Crippen LogP contribution in [-0.4, -0.2) is 53.9 Å². The van der Waals surface area contributed by atoms with Crippen LogP contribution in [0, 0.1) is 0 Å². The van der Waals surface area contributed by atoms with Gasteiger partial charge in [0.1, 0.15) is 0 Å². The van der Waals surface area contributed by atoms with Crippen LogP contribution in [0.1, 0.15) is 50.0 Å². The summed E-state index contributed by atoms with van der Waals surface area (Å²) < 4.78 is 35.5. The highest BCUT2D eigenvalue weighted by Crippen LogP contribution is 2.48. The maximum atomic E-state index is 6.62. The van der Waals surface area contributed by atoms with E-state index in [1.165, 1.54) is 0 Å². The molecule has 41 heavy (non-hydrogen) atoms. The first-order chi connectivity index (χ1) is 20.0. The molecule has 2 unspecified atom stereocenters. The number of rotatable bonds is 14. The Bertz CT molecular complexity index is 1260. The Morgan fingerprint density at radius 1 is 0.780 bits per heavy atom. The van der Waals surface area contributed by atoms with E-state index in [1.54, 1.807) is 40.2 Å². The molecule has 0 radical (unpaired) electrons. The molecule has 222 valence electrons. The summed E-state index contributed by atoms with van der Waals surface area (Å²) in [4.78, 5) is 3.45. The van der Waals surface area contributed by atoms with Gasteiger partial charge < -0.3 is 33.3 Å². The lowest BCUT2D eigenvalue weighted by Gasteiger charge is -2.27. The van der Waals surface area contributed by atoms with Gasteiger partial charge in [-0.15, -0.1) is 11.8 Å². The van der Waals surface area contributed by atoms with E-state index in [0.717, 1.165) is 64.2 Å². The first-order valence-electron chi connectivity index (χ1n) is 13.9. The highest BCUT2D eigenvalue weighted by atomic mass is 35.5. The topological polar surface area (TPSA) is 58.6 Å². The molecule has 0 aliphatic carbocycles.